The van der Waals surface area contributed by atoms with E-state index in [1.807, 2.05) is 60.7 Å². The van der Waals surface area contributed by atoms with Crippen molar-refractivity contribution in [2.75, 3.05) is 7.11 Å². The molecule has 0 aliphatic carbocycles. The van der Waals surface area contributed by atoms with Gasteiger partial charge in [-0.1, -0.05) is 48.5 Å². The molecule has 21 heavy (non-hydrogen) atoms. The highest BCUT2D eigenvalue weighted by Crippen LogP contribution is 2.09. The lowest BCUT2D eigenvalue weighted by molar-refractivity contribution is -0.142. The maximum atomic E-state index is 11.8. The van der Waals surface area contributed by atoms with Crippen LogP contribution >= 0.6 is 0 Å². The van der Waals surface area contributed by atoms with Crippen LogP contribution in [0.4, 0.5) is 5.69 Å². The number of methoxy groups -OCH3 is 1. The van der Waals surface area contributed by atoms with Crippen LogP contribution in [0.3, 0.4) is 0 Å². The third-order valence-corrected chi connectivity index (χ3v) is 2.89. The summed E-state index contributed by atoms with van der Waals surface area (Å²) in [5.41, 5.74) is 1.75. The second kappa shape index (κ2) is 7.78. The number of ether oxygens (including phenoxy) is 1. The molecule has 0 heterocycles. The van der Waals surface area contributed by atoms with Crippen molar-refractivity contribution in [1.82, 2.24) is 0 Å². The molecule has 4 heteroatoms. The van der Waals surface area contributed by atoms with E-state index in [9.17, 15) is 4.79 Å². The minimum atomic E-state index is -0.634. The van der Waals surface area contributed by atoms with Crippen LogP contribution in [-0.2, 0) is 16.0 Å². The summed E-state index contributed by atoms with van der Waals surface area (Å²) in [4.78, 5) is 19.9. The molecule has 0 fully saturated rings. The number of hydrogen-bond acceptors (Lipinski definition) is 4. The fraction of sp³-hybridized carbons (Fsp3) is 0.176. The smallest absolute Gasteiger partial charge is 0.331 e. The molecular weight excluding hydrogens is 264 g/mol. The lowest BCUT2D eigenvalue weighted by atomic mass is 10.1. The Morgan fingerprint density at radius 2 is 1.71 bits per heavy atom. The van der Waals surface area contributed by atoms with Crippen molar-refractivity contribution in [1.29, 1.82) is 0 Å². The predicted molar refractivity (Wildman–Crippen MR) is 81.9 cm³/mol. The second-order valence-electron chi connectivity index (χ2n) is 4.41. The zero-order valence-corrected chi connectivity index (χ0v) is 11.8. The highest BCUT2D eigenvalue weighted by Gasteiger charge is 2.18. The van der Waals surface area contributed by atoms with Crippen LogP contribution in [0.2, 0.25) is 0 Å². The Balaban J connectivity index is 2.13. The van der Waals surface area contributed by atoms with Crippen molar-refractivity contribution in [2.24, 2.45) is 9.98 Å². The van der Waals surface area contributed by atoms with Gasteiger partial charge in [-0.05, 0) is 17.7 Å². The third kappa shape index (κ3) is 4.71. The number of esters is 1. The van der Waals surface area contributed by atoms with Crippen molar-refractivity contribution in [2.45, 2.75) is 12.5 Å². The number of carbonyl (C=O) groups is 1. The van der Waals surface area contributed by atoms with Crippen LogP contribution in [0.5, 0.6) is 0 Å². The standard InChI is InChI=1S/C17H16N2O2/c1-21-17(20)16(12-14-8-4-2-5-9-14)19-13-18-15-10-6-3-7-11-15/h2-11,16H,12H2,1H3/t16-/m0/s1. The summed E-state index contributed by atoms with van der Waals surface area (Å²) in [5, 5.41) is 0. The van der Waals surface area contributed by atoms with E-state index in [4.69, 9.17) is 4.74 Å². The van der Waals surface area contributed by atoms with Gasteiger partial charge in [-0.3, -0.25) is 0 Å². The molecule has 0 bridgehead atoms. The predicted octanol–water partition coefficient (Wildman–Crippen LogP) is 3.28. The first-order chi connectivity index (χ1) is 10.3. The van der Waals surface area contributed by atoms with E-state index >= 15 is 0 Å². The van der Waals surface area contributed by atoms with E-state index in [1.54, 1.807) is 0 Å². The molecule has 0 saturated carbocycles. The normalized spacial score (nSPS) is 11.1. The van der Waals surface area contributed by atoms with Gasteiger partial charge in [0.1, 0.15) is 0 Å². The maximum absolute atomic E-state index is 11.8. The highest BCUT2D eigenvalue weighted by molar-refractivity contribution is 5.77. The zero-order chi connectivity index (χ0) is 14.9. The molecule has 0 spiro atoms. The van der Waals surface area contributed by atoms with E-state index in [0.717, 1.165) is 11.3 Å². The van der Waals surface area contributed by atoms with Gasteiger partial charge >= 0.3 is 5.97 Å². The van der Waals surface area contributed by atoms with Crippen molar-refractivity contribution in [3.05, 3.63) is 66.2 Å². The summed E-state index contributed by atoms with van der Waals surface area (Å²) in [6.45, 7) is 0. The van der Waals surface area contributed by atoms with Gasteiger partial charge in [0.15, 0.2) is 6.04 Å². The summed E-state index contributed by atoms with van der Waals surface area (Å²) in [6.07, 6.45) is 0.463. The minimum Gasteiger partial charge on any atom is -0.467 e. The van der Waals surface area contributed by atoms with Gasteiger partial charge in [0, 0.05) is 6.42 Å². The molecule has 0 aromatic heterocycles. The Morgan fingerprint density at radius 1 is 1.10 bits per heavy atom. The summed E-state index contributed by atoms with van der Waals surface area (Å²) >= 11 is 0. The van der Waals surface area contributed by atoms with Crippen LogP contribution < -0.4 is 0 Å². The van der Waals surface area contributed by atoms with Crippen LogP contribution in [0.25, 0.3) is 0 Å². The minimum absolute atomic E-state index is 0.394. The van der Waals surface area contributed by atoms with Crippen LogP contribution in [0.1, 0.15) is 5.56 Å². The summed E-state index contributed by atoms with van der Waals surface area (Å²) < 4.78 is 4.77. The molecule has 0 aliphatic rings. The second-order valence-corrected chi connectivity index (χ2v) is 4.41. The van der Waals surface area contributed by atoms with Crippen molar-refractivity contribution in [3.8, 4) is 0 Å². The highest BCUT2D eigenvalue weighted by atomic mass is 16.5. The number of hydrogen-bond donors (Lipinski definition) is 0. The molecule has 1 atom stereocenters. The first kappa shape index (κ1) is 14.7. The summed E-state index contributed by atoms with van der Waals surface area (Å²) in [6, 6.07) is 21.0. The summed E-state index contributed by atoms with van der Waals surface area (Å²) in [7, 11) is 1.35. The van der Waals surface area contributed by atoms with E-state index in [-0.39, 0.29) is 0 Å². The van der Waals surface area contributed by atoms with E-state index < -0.39 is 12.0 Å². The quantitative estimate of drug-likeness (QED) is 0.623. The van der Waals surface area contributed by atoms with Gasteiger partial charge in [-0.2, -0.15) is 4.99 Å². The molecule has 0 unspecified atom stereocenters. The number of carbonyl (C=O) groups excluding carboxylic acids is 1. The van der Waals surface area contributed by atoms with Crippen LogP contribution in [0, 0.1) is 0 Å². The van der Waals surface area contributed by atoms with Gasteiger partial charge in [0.25, 0.3) is 0 Å². The van der Waals surface area contributed by atoms with Gasteiger partial charge < -0.3 is 4.74 Å². The lowest BCUT2D eigenvalue weighted by Crippen LogP contribution is -2.22. The molecule has 106 valence electrons. The fourth-order valence-electron chi connectivity index (χ4n) is 1.81. The molecule has 2 aromatic carbocycles. The van der Waals surface area contributed by atoms with Crippen molar-refractivity contribution in [3.63, 3.8) is 0 Å². The zero-order valence-electron chi connectivity index (χ0n) is 11.8. The maximum Gasteiger partial charge on any atom is 0.331 e. The molecule has 4 nitrogen and oxygen atoms in total. The van der Waals surface area contributed by atoms with Gasteiger partial charge in [-0.25, -0.2) is 9.79 Å². The Hall–Kier alpha value is -2.71. The first-order valence-corrected chi connectivity index (χ1v) is 6.62. The molecule has 2 rings (SSSR count). The molecule has 2 aromatic rings. The van der Waals surface area contributed by atoms with E-state index in [2.05, 4.69) is 16.0 Å². The number of benzene rings is 2. The largest absolute Gasteiger partial charge is 0.467 e. The fourth-order valence-corrected chi connectivity index (χ4v) is 1.81. The molecule has 0 aliphatic heterocycles. The van der Waals surface area contributed by atoms with Crippen molar-refractivity contribution < 1.29 is 9.53 Å². The first-order valence-electron chi connectivity index (χ1n) is 6.62. The van der Waals surface area contributed by atoms with Gasteiger partial charge in [0.2, 0.25) is 0 Å². The number of aliphatic imine (C=N–C) groups is 2. The topological polar surface area (TPSA) is 51.0 Å². The molecular formula is C17H16N2O2. The number of nitrogens with zero attached hydrogens (tertiary/aromatic N) is 2. The Morgan fingerprint density at radius 3 is 2.33 bits per heavy atom. The molecule has 0 radical (unpaired) electrons. The van der Waals surface area contributed by atoms with E-state index in [1.165, 1.54) is 7.11 Å². The van der Waals surface area contributed by atoms with Gasteiger partial charge in [-0.15, -0.1) is 0 Å². The number of para-hydroxylation sites is 1. The average molecular weight is 280 g/mol. The Kier molecular flexibility index (Phi) is 5.44. The Bertz CT molecular complexity index is 632. The SMILES string of the molecule is COC(=O)[C@H](Cc1ccccc1)N=C=Nc1ccccc1. The third-order valence-electron chi connectivity index (χ3n) is 2.89. The van der Waals surface area contributed by atoms with Crippen molar-refractivity contribution >= 4 is 17.7 Å². The van der Waals surface area contributed by atoms with E-state index in [0.29, 0.717) is 6.42 Å². The van der Waals surface area contributed by atoms with Crippen LogP contribution in [-0.4, -0.2) is 25.1 Å². The molecule has 0 saturated heterocycles. The van der Waals surface area contributed by atoms with Crippen LogP contribution in [0.15, 0.2) is 70.6 Å². The lowest BCUT2D eigenvalue weighted by Gasteiger charge is -2.08. The summed E-state index contributed by atoms with van der Waals surface area (Å²) in [5.74, 6) is -0.394. The average Bonchev–Trinajstić information content (AvgIpc) is 2.55. The Labute approximate surface area is 123 Å². The van der Waals surface area contributed by atoms with Gasteiger partial charge in [0.05, 0.1) is 18.8 Å². The molecule has 0 amide bonds. The monoisotopic (exact) mass is 280 g/mol. The molecule has 0 N–H and O–H groups in total. The number of rotatable bonds is 5.